The Kier molecular flexibility index (Phi) is 6.93. The highest BCUT2D eigenvalue weighted by atomic mass is 19.1. The Balaban J connectivity index is 1.49. The van der Waals surface area contributed by atoms with Crippen LogP contribution in [0.25, 0.3) is 6.08 Å². The summed E-state index contributed by atoms with van der Waals surface area (Å²) < 4.78 is 26.3. The van der Waals surface area contributed by atoms with Crippen molar-refractivity contribution in [1.82, 2.24) is 15.3 Å². The van der Waals surface area contributed by atoms with Crippen molar-refractivity contribution in [2.24, 2.45) is 0 Å². The molecule has 0 saturated carbocycles. The number of ether oxygens (including phenoxy) is 2. The Hall–Kier alpha value is -3.80. The molecule has 7 nitrogen and oxygen atoms in total. The van der Waals surface area contributed by atoms with Crippen LogP contribution in [0, 0.1) is 31.0 Å². The van der Waals surface area contributed by atoms with E-state index < -0.39 is 0 Å². The van der Waals surface area contributed by atoms with Gasteiger partial charge >= 0.3 is 0 Å². The van der Waals surface area contributed by atoms with Crippen LogP contribution in [-0.4, -0.2) is 29.7 Å². The van der Waals surface area contributed by atoms with Crippen LogP contribution in [0.15, 0.2) is 48.7 Å². The number of anilines is 2. The number of nitrogens with zero attached hydrogens (tertiary/aromatic N) is 3. The number of morpholine rings is 1. The molecule has 3 aromatic rings. The van der Waals surface area contributed by atoms with Crippen molar-refractivity contribution in [2.45, 2.75) is 20.0 Å². The minimum Gasteiger partial charge on any atom is -0.438 e. The lowest BCUT2D eigenvalue weighted by Crippen LogP contribution is -2.33. The molecule has 2 aromatic carbocycles. The Morgan fingerprint density at radius 3 is 2.76 bits per heavy atom. The van der Waals surface area contributed by atoms with Gasteiger partial charge in [-0.15, -0.1) is 0 Å². The lowest BCUT2D eigenvalue weighted by Gasteiger charge is -2.24. The van der Waals surface area contributed by atoms with E-state index in [4.69, 9.17) is 14.7 Å². The Bertz CT molecular complexity index is 1190. The van der Waals surface area contributed by atoms with Crippen molar-refractivity contribution >= 4 is 17.7 Å². The van der Waals surface area contributed by atoms with E-state index in [-0.39, 0.29) is 11.9 Å². The molecule has 1 aliphatic heterocycles. The summed E-state index contributed by atoms with van der Waals surface area (Å²) in [7, 11) is 0. The van der Waals surface area contributed by atoms with Crippen molar-refractivity contribution in [2.75, 3.05) is 25.0 Å². The monoisotopic (exact) mass is 445 g/mol. The molecule has 0 spiro atoms. The van der Waals surface area contributed by atoms with Gasteiger partial charge in [0.15, 0.2) is 0 Å². The zero-order valence-corrected chi connectivity index (χ0v) is 18.4. The van der Waals surface area contributed by atoms with Crippen LogP contribution in [0.3, 0.4) is 0 Å². The van der Waals surface area contributed by atoms with Crippen molar-refractivity contribution in [1.29, 1.82) is 5.26 Å². The summed E-state index contributed by atoms with van der Waals surface area (Å²) in [6.07, 6.45) is 4.46. The zero-order chi connectivity index (χ0) is 23.2. The van der Waals surface area contributed by atoms with Crippen LogP contribution in [0.4, 0.5) is 16.0 Å². The smallest absolute Gasteiger partial charge is 0.230 e. The van der Waals surface area contributed by atoms with E-state index in [1.54, 1.807) is 30.5 Å². The molecule has 2 N–H and O–H groups in total. The molecular formula is C25H24FN5O2. The van der Waals surface area contributed by atoms with Gasteiger partial charge in [0, 0.05) is 42.7 Å². The lowest BCUT2D eigenvalue weighted by molar-refractivity contribution is 0.0255. The molecule has 1 saturated heterocycles. The van der Waals surface area contributed by atoms with Gasteiger partial charge in [-0.1, -0.05) is 6.07 Å². The van der Waals surface area contributed by atoms with E-state index in [0.717, 1.165) is 23.2 Å². The molecule has 8 heteroatoms. The summed E-state index contributed by atoms with van der Waals surface area (Å²) in [5, 5.41) is 15.0. The molecule has 4 rings (SSSR count). The van der Waals surface area contributed by atoms with E-state index in [1.807, 2.05) is 32.0 Å². The molecule has 1 aliphatic rings. The predicted molar refractivity (Wildman–Crippen MR) is 124 cm³/mol. The van der Waals surface area contributed by atoms with Gasteiger partial charge in [-0.25, -0.2) is 9.37 Å². The minimum atomic E-state index is -0.349. The summed E-state index contributed by atoms with van der Waals surface area (Å²) in [5.41, 5.74) is 3.79. The third-order valence-corrected chi connectivity index (χ3v) is 5.20. The van der Waals surface area contributed by atoms with Gasteiger partial charge in [-0.2, -0.15) is 10.2 Å². The summed E-state index contributed by atoms with van der Waals surface area (Å²) in [4.78, 5) is 8.61. The lowest BCUT2D eigenvalue weighted by atomic mass is 10.1. The van der Waals surface area contributed by atoms with Crippen molar-refractivity contribution < 1.29 is 13.9 Å². The molecule has 1 atom stereocenters. The first-order chi connectivity index (χ1) is 16.0. The highest BCUT2D eigenvalue weighted by Crippen LogP contribution is 2.30. The van der Waals surface area contributed by atoms with Crippen LogP contribution in [-0.2, 0) is 4.74 Å². The molecule has 1 fully saturated rings. The minimum absolute atomic E-state index is 0.291. The fourth-order valence-electron chi connectivity index (χ4n) is 3.70. The second kappa shape index (κ2) is 10.2. The number of rotatable bonds is 6. The average molecular weight is 445 g/mol. The molecule has 33 heavy (non-hydrogen) atoms. The van der Waals surface area contributed by atoms with Crippen molar-refractivity contribution in [3.05, 3.63) is 76.7 Å². The maximum atomic E-state index is 14.7. The Morgan fingerprint density at radius 2 is 2.06 bits per heavy atom. The second-order valence-corrected chi connectivity index (χ2v) is 7.69. The van der Waals surface area contributed by atoms with Gasteiger partial charge in [0.2, 0.25) is 11.8 Å². The highest BCUT2D eigenvalue weighted by Gasteiger charge is 2.19. The zero-order valence-electron chi connectivity index (χ0n) is 18.4. The van der Waals surface area contributed by atoms with Crippen LogP contribution < -0.4 is 15.4 Å². The van der Waals surface area contributed by atoms with Gasteiger partial charge in [-0.05, 0) is 60.9 Å². The number of allylic oxidation sites excluding steroid dienone is 1. The van der Waals surface area contributed by atoms with E-state index in [2.05, 4.69) is 20.6 Å². The van der Waals surface area contributed by atoms with Gasteiger partial charge in [0.05, 0.1) is 18.8 Å². The van der Waals surface area contributed by atoms with Crippen LogP contribution in [0.1, 0.15) is 28.4 Å². The molecule has 0 aliphatic carbocycles. The summed E-state index contributed by atoms with van der Waals surface area (Å²) in [5.74, 6) is 0.986. The first-order valence-corrected chi connectivity index (χ1v) is 10.6. The molecule has 1 aromatic heterocycles. The largest absolute Gasteiger partial charge is 0.438 e. The van der Waals surface area contributed by atoms with Crippen molar-refractivity contribution in [3.8, 4) is 17.7 Å². The van der Waals surface area contributed by atoms with E-state index in [1.165, 1.54) is 12.1 Å². The average Bonchev–Trinajstić information content (AvgIpc) is 2.81. The fraction of sp³-hybridized carbons (Fsp3) is 0.240. The van der Waals surface area contributed by atoms with Gasteiger partial charge in [0.25, 0.3) is 0 Å². The fourth-order valence-corrected chi connectivity index (χ4v) is 3.70. The quantitative estimate of drug-likeness (QED) is 0.518. The summed E-state index contributed by atoms with van der Waals surface area (Å²) in [6, 6.07) is 12.4. The molecule has 2 heterocycles. The van der Waals surface area contributed by atoms with Gasteiger partial charge in [0.1, 0.15) is 11.6 Å². The number of nitriles is 1. The SMILES string of the molecule is Cc1cc(/C=C/C#N)cc(C)c1Oc1ccnc(Nc2ccc(C3CNCCO3)c(F)c2)n1. The first-order valence-electron chi connectivity index (χ1n) is 10.6. The topological polar surface area (TPSA) is 92.1 Å². The third kappa shape index (κ3) is 5.52. The molecule has 1 unspecified atom stereocenters. The number of halogens is 1. The molecule has 168 valence electrons. The molecule has 0 amide bonds. The highest BCUT2D eigenvalue weighted by molar-refractivity contribution is 5.58. The number of aryl methyl sites for hydroxylation is 2. The Morgan fingerprint density at radius 1 is 1.24 bits per heavy atom. The number of nitrogens with one attached hydrogen (secondary N) is 2. The normalized spacial score (nSPS) is 15.9. The van der Waals surface area contributed by atoms with E-state index in [9.17, 15) is 4.39 Å². The number of benzene rings is 2. The summed E-state index contributed by atoms with van der Waals surface area (Å²) in [6.45, 7) is 5.78. The van der Waals surface area contributed by atoms with Gasteiger partial charge < -0.3 is 20.1 Å². The second-order valence-electron chi connectivity index (χ2n) is 7.69. The van der Waals surface area contributed by atoms with Gasteiger partial charge in [-0.3, -0.25) is 0 Å². The number of hydrogen-bond acceptors (Lipinski definition) is 7. The molecule has 0 bridgehead atoms. The van der Waals surface area contributed by atoms with Crippen LogP contribution in [0.2, 0.25) is 0 Å². The Labute approximate surface area is 191 Å². The third-order valence-electron chi connectivity index (χ3n) is 5.20. The maximum absolute atomic E-state index is 14.7. The van der Waals surface area contributed by atoms with Crippen LogP contribution >= 0.6 is 0 Å². The van der Waals surface area contributed by atoms with E-state index >= 15 is 0 Å². The van der Waals surface area contributed by atoms with E-state index in [0.29, 0.717) is 42.0 Å². The number of aromatic nitrogens is 2. The molecule has 0 radical (unpaired) electrons. The standard InChI is InChI=1S/C25H24FN5O2/c1-16-12-18(4-3-8-27)13-17(2)24(16)33-23-7-9-29-25(31-23)30-19-5-6-20(21(26)14-19)22-15-28-10-11-32-22/h3-7,9,12-14,22,28H,10-11,15H2,1-2H3,(H,29,30,31)/b4-3+. The van der Waals surface area contributed by atoms with Crippen LogP contribution in [0.5, 0.6) is 11.6 Å². The number of hydrogen-bond donors (Lipinski definition) is 2. The summed E-state index contributed by atoms with van der Waals surface area (Å²) >= 11 is 0. The first kappa shape index (κ1) is 22.4. The van der Waals surface area contributed by atoms with Crippen molar-refractivity contribution in [3.63, 3.8) is 0 Å². The predicted octanol–water partition coefficient (Wildman–Crippen LogP) is 4.97. The molecular weight excluding hydrogens is 421 g/mol. The maximum Gasteiger partial charge on any atom is 0.230 e.